The van der Waals surface area contributed by atoms with E-state index in [9.17, 15) is 4.79 Å². The van der Waals surface area contributed by atoms with E-state index >= 15 is 0 Å². The van der Waals surface area contributed by atoms with E-state index in [1.54, 1.807) is 0 Å². The first-order valence-electron chi connectivity index (χ1n) is 6.74. The van der Waals surface area contributed by atoms with Crippen LogP contribution >= 0.6 is 0 Å². The third-order valence-corrected chi connectivity index (χ3v) is 3.54. The number of benzene rings is 1. The van der Waals surface area contributed by atoms with E-state index in [1.165, 1.54) is 12.8 Å². The topological polar surface area (TPSA) is 41.1 Å². The van der Waals surface area contributed by atoms with Crippen LogP contribution in [0.4, 0.5) is 0 Å². The Kier molecular flexibility index (Phi) is 4.37. The average Bonchev–Trinajstić information content (AvgIpc) is 3.21. The fraction of sp³-hybridized carbons (Fsp3) is 0.533. The van der Waals surface area contributed by atoms with Crippen molar-refractivity contribution >= 4 is 5.91 Å². The van der Waals surface area contributed by atoms with Gasteiger partial charge in [-0.2, -0.15) is 0 Å². The first kappa shape index (κ1) is 13.1. The average molecular weight is 246 g/mol. The minimum absolute atomic E-state index is 0.0753. The van der Waals surface area contributed by atoms with Crippen molar-refractivity contribution in [3.05, 3.63) is 35.9 Å². The van der Waals surface area contributed by atoms with Crippen molar-refractivity contribution in [1.29, 1.82) is 0 Å². The molecule has 0 saturated heterocycles. The normalized spacial score (nSPS) is 18.1. The van der Waals surface area contributed by atoms with E-state index in [2.05, 4.69) is 17.6 Å². The molecule has 1 aliphatic carbocycles. The summed E-state index contributed by atoms with van der Waals surface area (Å²) in [7, 11) is 0. The Bertz CT molecular complexity index is 387. The molecule has 0 bridgehead atoms. The summed E-state index contributed by atoms with van der Waals surface area (Å²) in [6.45, 7) is 4.70. The fourth-order valence-corrected chi connectivity index (χ4v) is 2.14. The van der Waals surface area contributed by atoms with Gasteiger partial charge in [0.05, 0.1) is 6.04 Å². The molecule has 0 aromatic heterocycles. The quantitative estimate of drug-likeness (QED) is 0.807. The van der Waals surface area contributed by atoms with Crippen LogP contribution in [0.25, 0.3) is 0 Å². The van der Waals surface area contributed by atoms with E-state index < -0.39 is 0 Å². The van der Waals surface area contributed by atoms with Gasteiger partial charge >= 0.3 is 0 Å². The van der Waals surface area contributed by atoms with Crippen LogP contribution < -0.4 is 10.6 Å². The van der Waals surface area contributed by atoms with Crippen molar-refractivity contribution < 1.29 is 4.79 Å². The number of carbonyl (C=O) groups excluding carboxylic acids is 1. The molecule has 0 aliphatic heterocycles. The molecule has 0 heterocycles. The molecular weight excluding hydrogens is 224 g/mol. The highest BCUT2D eigenvalue weighted by Gasteiger charge is 2.29. The molecule has 1 saturated carbocycles. The van der Waals surface area contributed by atoms with Gasteiger partial charge in [0.1, 0.15) is 0 Å². The van der Waals surface area contributed by atoms with Crippen LogP contribution in [-0.4, -0.2) is 18.0 Å². The lowest BCUT2D eigenvalue weighted by atomic mass is 10.1. The molecule has 2 atom stereocenters. The summed E-state index contributed by atoms with van der Waals surface area (Å²) in [5.41, 5.74) is 1.13. The standard InChI is InChI=1S/C15H22N2O/c1-11(14-8-9-14)17-12(2)15(18)16-10-13-6-4-3-5-7-13/h3-7,11-12,14,17H,8-10H2,1-2H3,(H,16,18). The number of amides is 1. The molecule has 98 valence electrons. The smallest absolute Gasteiger partial charge is 0.237 e. The molecule has 2 N–H and O–H groups in total. The summed E-state index contributed by atoms with van der Waals surface area (Å²) in [5, 5.41) is 6.33. The van der Waals surface area contributed by atoms with E-state index in [0.717, 1.165) is 11.5 Å². The summed E-state index contributed by atoms with van der Waals surface area (Å²) in [6.07, 6.45) is 2.60. The molecule has 0 spiro atoms. The molecule has 1 aliphatic rings. The summed E-state index contributed by atoms with van der Waals surface area (Å²) in [5.74, 6) is 0.848. The van der Waals surface area contributed by atoms with Crippen molar-refractivity contribution in [2.75, 3.05) is 0 Å². The van der Waals surface area contributed by atoms with Crippen LogP contribution in [0, 0.1) is 5.92 Å². The molecule has 2 unspecified atom stereocenters. The van der Waals surface area contributed by atoms with E-state index in [4.69, 9.17) is 0 Å². The van der Waals surface area contributed by atoms with E-state index in [1.807, 2.05) is 37.3 Å². The van der Waals surface area contributed by atoms with Crippen LogP contribution in [-0.2, 0) is 11.3 Å². The minimum Gasteiger partial charge on any atom is -0.351 e. The zero-order chi connectivity index (χ0) is 13.0. The highest BCUT2D eigenvalue weighted by molar-refractivity contribution is 5.81. The first-order valence-corrected chi connectivity index (χ1v) is 6.74. The van der Waals surface area contributed by atoms with Gasteiger partial charge in [0.15, 0.2) is 0 Å². The van der Waals surface area contributed by atoms with Gasteiger partial charge < -0.3 is 10.6 Å². The SMILES string of the molecule is CC(NC(C)C1CC1)C(=O)NCc1ccccc1. The van der Waals surface area contributed by atoms with Crippen molar-refractivity contribution in [3.63, 3.8) is 0 Å². The van der Waals surface area contributed by atoms with E-state index in [0.29, 0.717) is 12.6 Å². The number of nitrogens with one attached hydrogen (secondary N) is 2. The number of carbonyl (C=O) groups is 1. The van der Waals surface area contributed by atoms with Gasteiger partial charge in [0.2, 0.25) is 5.91 Å². The molecule has 1 fully saturated rings. The number of hydrogen-bond acceptors (Lipinski definition) is 2. The molecular formula is C15H22N2O. The van der Waals surface area contributed by atoms with Gasteiger partial charge in [-0.15, -0.1) is 0 Å². The molecule has 18 heavy (non-hydrogen) atoms. The largest absolute Gasteiger partial charge is 0.351 e. The van der Waals surface area contributed by atoms with Gasteiger partial charge in [-0.05, 0) is 38.2 Å². The Labute approximate surface area is 109 Å². The zero-order valence-corrected chi connectivity index (χ0v) is 11.1. The van der Waals surface area contributed by atoms with Gasteiger partial charge in [-0.25, -0.2) is 0 Å². The lowest BCUT2D eigenvalue weighted by Gasteiger charge is -2.19. The fourth-order valence-electron chi connectivity index (χ4n) is 2.14. The monoisotopic (exact) mass is 246 g/mol. The zero-order valence-electron chi connectivity index (χ0n) is 11.1. The van der Waals surface area contributed by atoms with Crippen molar-refractivity contribution in [1.82, 2.24) is 10.6 Å². The molecule has 3 heteroatoms. The lowest BCUT2D eigenvalue weighted by molar-refractivity contribution is -0.123. The maximum absolute atomic E-state index is 11.9. The second kappa shape index (κ2) is 6.01. The van der Waals surface area contributed by atoms with Crippen LogP contribution in [0.1, 0.15) is 32.3 Å². The van der Waals surface area contributed by atoms with Gasteiger partial charge in [-0.1, -0.05) is 30.3 Å². The maximum atomic E-state index is 11.9. The summed E-state index contributed by atoms with van der Waals surface area (Å²) >= 11 is 0. The van der Waals surface area contributed by atoms with Gasteiger partial charge in [-0.3, -0.25) is 4.79 Å². The van der Waals surface area contributed by atoms with Gasteiger partial charge in [0.25, 0.3) is 0 Å². The van der Waals surface area contributed by atoms with Crippen LogP contribution in [0.2, 0.25) is 0 Å². The van der Waals surface area contributed by atoms with Crippen molar-refractivity contribution in [2.45, 2.75) is 45.3 Å². The van der Waals surface area contributed by atoms with Crippen molar-refractivity contribution in [2.24, 2.45) is 5.92 Å². The van der Waals surface area contributed by atoms with Crippen LogP contribution in [0.3, 0.4) is 0 Å². The Morgan fingerprint density at radius 3 is 2.56 bits per heavy atom. The Morgan fingerprint density at radius 2 is 1.94 bits per heavy atom. The summed E-state index contributed by atoms with van der Waals surface area (Å²) < 4.78 is 0. The Balaban J connectivity index is 1.73. The highest BCUT2D eigenvalue weighted by Crippen LogP contribution is 2.32. The molecule has 3 nitrogen and oxygen atoms in total. The lowest BCUT2D eigenvalue weighted by Crippen LogP contribution is -2.46. The van der Waals surface area contributed by atoms with Gasteiger partial charge in [0, 0.05) is 12.6 Å². The highest BCUT2D eigenvalue weighted by atomic mass is 16.2. The van der Waals surface area contributed by atoms with Crippen LogP contribution in [0.15, 0.2) is 30.3 Å². The Hall–Kier alpha value is -1.35. The second-order valence-corrected chi connectivity index (χ2v) is 5.22. The predicted octanol–water partition coefficient (Wildman–Crippen LogP) is 2.08. The van der Waals surface area contributed by atoms with Crippen molar-refractivity contribution in [3.8, 4) is 0 Å². The number of rotatable bonds is 6. The first-order chi connectivity index (χ1) is 8.66. The molecule has 2 rings (SSSR count). The Morgan fingerprint density at radius 1 is 1.28 bits per heavy atom. The molecule has 1 aromatic carbocycles. The third kappa shape index (κ3) is 3.84. The molecule has 1 aromatic rings. The summed E-state index contributed by atoms with van der Waals surface area (Å²) in [4.78, 5) is 11.9. The maximum Gasteiger partial charge on any atom is 0.237 e. The summed E-state index contributed by atoms with van der Waals surface area (Å²) in [6, 6.07) is 10.3. The van der Waals surface area contributed by atoms with Crippen LogP contribution in [0.5, 0.6) is 0 Å². The minimum atomic E-state index is -0.121. The molecule has 1 amide bonds. The van der Waals surface area contributed by atoms with E-state index in [-0.39, 0.29) is 11.9 Å². The third-order valence-electron chi connectivity index (χ3n) is 3.54. The number of hydrogen-bond donors (Lipinski definition) is 2. The second-order valence-electron chi connectivity index (χ2n) is 5.22. The molecule has 0 radical (unpaired) electrons. The predicted molar refractivity (Wildman–Crippen MR) is 73.1 cm³/mol.